The van der Waals surface area contributed by atoms with Crippen molar-refractivity contribution < 1.29 is 9.21 Å². The lowest BCUT2D eigenvalue weighted by molar-refractivity contribution is 0.0944. The van der Waals surface area contributed by atoms with E-state index in [-0.39, 0.29) is 5.91 Å². The molecular weight excluding hydrogens is 266 g/mol. The number of likely N-dealkylation sites (N-methyl/N-ethyl adjacent to an activating group) is 1. The SMILES string of the molecule is Cc1ocnc1C(=O)NCCN(C)CCc1ccccc1. The van der Waals surface area contributed by atoms with Gasteiger partial charge in [0, 0.05) is 19.6 Å². The Morgan fingerprint density at radius 2 is 2.05 bits per heavy atom. The number of amides is 1. The molecule has 1 amide bonds. The zero-order valence-corrected chi connectivity index (χ0v) is 12.5. The molecular formula is C16H21N3O2. The molecule has 0 fully saturated rings. The number of carbonyl (C=O) groups excluding carboxylic acids is 1. The molecule has 1 N–H and O–H groups in total. The maximum atomic E-state index is 11.8. The highest BCUT2D eigenvalue weighted by Crippen LogP contribution is 2.03. The highest BCUT2D eigenvalue weighted by atomic mass is 16.3. The summed E-state index contributed by atoms with van der Waals surface area (Å²) in [5.41, 5.74) is 1.69. The van der Waals surface area contributed by atoms with Crippen LogP contribution in [0.4, 0.5) is 0 Å². The first-order valence-electron chi connectivity index (χ1n) is 7.07. The molecule has 1 heterocycles. The van der Waals surface area contributed by atoms with Crippen molar-refractivity contribution in [1.82, 2.24) is 15.2 Å². The third kappa shape index (κ3) is 4.72. The first-order valence-corrected chi connectivity index (χ1v) is 7.07. The lowest BCUT2D eigenvalue weighted by Crippen LogP contribution is -2.34. The summed E-state index contributed by atoms with van der Waals surface area (Å²) in [6, 6.07) is 10.4. The van der Waals surface area contributed by atoms with Gasteiger partial charge in [0.15, 0.2) is 12.1 Å². The van der Waals surface area contributed by atoms with Crippen LogP contribution in [0.3, 0.4) is 0 Å². The molecule has 5 heteroatoms. The van der Waals surface area contributed by atoms with Crippen LogP contribution in [-0.4, -0.2) is 42.5 Å². The maximum absolute atomic E-state index is 11.8. The number of hydrogen-bond donors (Lipinski definition) is 1. The van der Waals surface area contributed by atoms with Crippen molar-refractivity contribution in [2.24, 2.45) is 0 Å². The van der Waals surface area contributed by atoms with E-state index >= 15 is 0 Å². The lowest BCUT2D eigenvalue weighted by Gasteiger charge is -2.16. The van der Waals surface area contributed by atoms with E-state index in [0.29, 0.717) is 18.0 Å². The fourth-order valence-electron chi connectivity index (χ4n) is 2.04. The van der Waals surface area contributed by atoms with Gasteiger partial charge in [0.05, 0.1) is 0 Å². The molecule has 0 radical (unpaired) electrons. The first kappa shape index (κ1) is 15.3. The van der Waals surface area contributed by atoms with Crippen molar-refractivity contribution >= 4 is 5.91 Å². The van der Waals surface area contributed by atoms with Gasteiger partial charge < -0.3 is 14.6 Å². The molecule has 0 aliphatic heterocycles. The number of carbonyl (C=O) groups is 1. The van der Waals surface area contributed by atoms with E-state index in [0.717, 1.165) is 19.5 Å². The average Bonchev–Trinajstić information content (AvgIpc) is 2.92. The Labute approximate surface area is 125 Å². The van der Waals surface area contributed by atoms with Crippen LogP contribution >= 0.6 is 0 Å². The van der Waals surface area contributed by atoms with E-state index in [4.69, 9.17) is 4.42 Å². The number of nitrogens with one attached hydrogen (secondary N) is 1. The largest absolute Gasteiger partial charge is 0.448 e. The van der Waals surface area contributed by atoms with Crippen LogP contribution in [0.15, 0.2) is 41.1 Å². The molecule has 1 aromatic carbocycles. The van der Waals surface area contributed by atoms with Crippen LogP contribution in [0.1, 0.15) is 21.8 Å². The molecule has 0 aliphatic carbocycles. The quantitative estimate of drug-likeness (QED) is 0.845. The molecule has 0 spiro atoms. The minimum Gasteiger partial charge on any atom is -0.448 e. The van der Waals surface area contributed by atoms with Gasteiger partial charge in [0.25, 0.3) is 5.91 Å². The van der Waals surface area contributed by atoms with Gasteiger partial charge in [-0.1, -0.05) is 30.3 Å². The zero-order valence-electron chi connectivity index (χ0n) is 12.5. The molecule has 1 aromatic heterocycles. The predicted molar refractivity (Wildman–Crippen MR) is 81.2 cm³/mol. The fourth-order valence-corrected chi connectivity index (χ4v) is 2.04. The Hall–Kier alpha value is -2.14. The van der Waals surface area contributed by atoms with E-state index < -0.39 is 0 Å². The van der Waals surface area contributed by atoms with Crippen LogP contribution in [0, 0.1) is 6.92 Å². The predicted octanol–water partition coefficient (Wildman–Crippen LogP) is 1.89. The van der Waals surface area contributed by atoms with Crippen LogP contribution in [-0.2, 0) is 6.42 Å². The molecule has 5 nitrogen and oxygen atoms in total. The van der Waals surface area contributed by atoms with Gasteiger partial charge in [-0.2, -0.15) is 0 Å². The van der Waals surface area contributed by atoms with E-state index in [1.54, 1.807) is 6.92 Å². The molecule has 2 rings (SSSR count). The standard InChI is InChI=1S/C16H21N3O2/c1-13-15(18-12-21-13)16(20)17-9-11-19(2)10-8-14-6-4-3-5-7-14/h3-7,12H,8-11H2,1-2H3,(H,17,20). The summed E-state index contributed by atoms with van der Waals surface area (Å²) in [4.78, 5) is 17.9. The summed E-state index contributed by atoms with van der Waals surface area (Å²) in [5.74, 6) is 0.364. The van der Waals surface area contributed by atoms with Crippen molar-refractivity contribution in [3.8, 4) is 0 Å². The molecule has 0 bridgehead atoms. The Balaban J connectivity index is 1.66. The minimum absolute atomic E-state index is 0.183. The number of benzene rings is 1. The fraction of sp³-hybridized carbons (Fsp3) is 0.375. The molecule has 112 valence electrons. The average molecular weight is 287 g/mol. The molecule has 0 atom stereocenters. The van der Waals surface area contributed by atoms with Crippen molar-refractivity contribution in [3.63, 3.8) is 0 Å². The summed E-state index contributed by atoms with van der Waals surface area (Å²) in [5, 5.41) is 2.85. The lowest BCUT2D eigenvalue weighted by atomic mass is 10.1. The van der Waals surface area contributed by atoms with Gasteiger partial charge in [-0.25, -0.2) is 4.98 Å². The third-order valence-corrected chi connectivity index (χ3v) is 3.36. The summed E-state index contributed by atoms with van der Waals surface area (Å²) >= 11 is 0. The van der Waals surface area contributed by atoms with Gasteiger partial charge in [-0.3, -0.25) is 4.79 Å². The summed E-state index contributed by atoms with van der Waals surface area (Å²) in [7, 11) is 2.05. The van der Waals surface area contributed by atoms with Gasteiger partial charge >= 0.3 is 0 Å². The second-order valence-corrected chi connectivity index (χ2v) is 5.05. The van der Waals surface area contributed by atoms with Crippen LogP contribution < -0.4 is 5.32 Å². The molecule has 0 unspecified atom stereocenters. The number of nitrogens with zero attached hydrogens (tertiary/aromatic N) is 2. The zero-order chi connectivity index (χ0) is 15.1. The van der Waals surface area contributed by atoms with E-state index in [9.17, 15) is 4.79 Å². The molecule has 0 aliphatic rings. The number of aryl methyl sites for hydroxylation is 1. The Kier molecular flexibility index (Phi) is 5.51. The van der Waals surface area contributed by atoms with E-state index in [1.165, 1.54) is 12.0 Å². The molecule has 0 saturated carbocycles. The highest BCUT2D eigenvalue weighted by Gasteiger charge is 2.12. The van der Waals surface area contributed by atoms with Gasteiger partial charge in [0.1, 0.15) is 5.76 Å². The number of oxazole rings is 1. The highest BCUT2D eigenvalue weighted by molar-refractivity contribution is 5.92. The third-order valence-electron chi connectivity index (χ3n) is 3.36. The molecule has 2 aromatic rings. The van der Waals surface area contributed by atoms with Crippen LogP contribution in [0.5, 0.6) is 0 Å². The topological polar surface area (TPSA) is 58.4 Å². The second kappa shape index (κ2) is 7.59. The number of hydrogen-bond acceptors (Lipinski definition) is 4. The van der Waals surface area contributed by atoms with Crippen molar-refractivity contribution in [3.05, 3.63) is 53.7 Å². The minimum atomic E-state index is -0.183. The van der Waals surface area contributed by atoms with Crippen LogP contribution in [0.2, 0.25) is 0 Å². The summed E-state index contributed by atoms with van der Waals surface area (Å²) in [6.07, 6.45) is 2.30. The normalized spacial score (nSPS) is 10.8. The Bertz CT molecular complexity index is 566. The first-order chi connectivity index (χ1) is 10.2. The maximum Gasteiger partial charge on any atom is 0.273 e. The Morgan fingerprint density at radius 1 is 1.29 bits per heavy atom. The van der Waals surface area contributed by atoms with Gasteiger partial charge in [-0.05, 0) is 26.0 Å². The van der Waals surface area contributed by atoms with E-state index in [1.807, 2.05) is 6.07 Å². The van der Waals surface area contributed by atoms with Gasteiger partial charge in [0.2, 0.25) is 0 Å². The summed E-state index contributed by atoms with van der Waals surface area (Å²) in [6.45, 7) is 4.09. The van der Waals surface area contributed by atoms with Crippen molar-refractivity contribution in [2.45, 2.75) is 13.3 Å². The van der Waals surface area contributed by atoms with Crippen molar-refractivity contribution in [1.29, 1.82) is 0 Å². The van der Waals surface area contributed by atoms with E-state index in [2.05, 4.69) is 46.5 Å². The monoisotopic (exact) mass is 287 g/mol. The number of aromatic nitrogens is 1. The smallest absolute Gasteiger partial charge is 0.273 e. The van der Waals surface area contributed by atoms with Crippen LogP contribution in [0.25, 0.3) is 0 Å². The molecule has 21 heavy (non-hydrogen) atoms. The second-order valence-electron chi connectivity index (χ2n) is 5.05. The molecule has 0 saturated heterocycles. The van der Waals surface area contributed by atoms with Gasteiger partial charge in [-0.15, -0.1) is 0 Å². The number of rotatable bonds is 7. The Morgan fingerprint density at radius 3 is 2.71 bits per heavy atom. The van der Waals surface area contributed by atoms with Crippen molar-refractivity contribution in [2.75, 3.05) is 26.7 Å². The summed E-state index contributed by atoms with van der Waals surface area (Å²) < 4.78 is 5.02.